The van der Waals surface area contributed by atoms with Crippen molar-refractivity contribution in [1.82, 2.24) is 9.55 Å². The second-order valence-corrected chi connectivity index (χ2v) is 12.3. The maximum absolute atomic E-state index is 13.0. The Hall–Kier alpha value is -1.68. The van der Waals surface area contributed by atoms with E-state index in [2.05, 4.69) is 40.4 Å². The molecule has 1 heterocycles. The normalized spacial score (nSPS) is 12.6. The molecule has 0 aliphatic carbocycles. The van der Waals surface area contributed by atoms with Crippen LogP contribution in [-0.4, -0.2) is 17.6 Å². The molecule has 0 aliphatic heterocycles. The molecule has 21 heavy (non-hydrogen) atoms. The van der Waals surface area contributed by atoms with Crippen LogP contribution < -0.4 is 10.9 Å². The van der Waals surface area contributed by atoms with E-state index in [-0.39, 0.29) is 10.6 Å². The van der Waals surface area contributed by atoms with Crippen molar-refractivity contribution in [1.29, 1.82) is 0 Å². The average molecular weight is 300 g/mol. The van der Waals surface area contributed by atoms with Crippen LogP contribution in [0.1, 0.15) is 20.8 Å². The molecule has 2 rings (SSSR count). The number of hydrogen-bond acceptors (Lipinski definition) is 2. The number of rotatable bonds is 3. The predicted octanol–water partition coefficient (Wildman–Crippen LogP) is 3.30. The summed E-state index contributed by atoms with van der Waals surface area (Å²) in [6.45, 7) is 15.4. The van der Waals surface area contributed by atoms with Crippen LogP contribution in [0.25, 0.3) is 11.0 Å². The molecule has 3 nitrogen and oxygen atoms in total. The Morgan fingerprint density at radius 1 is 1.29 bits per heavy atom. The van der Waals surface area contributed by atoms with Gasteiger partial charge in [0.05, 0.1) is 16.4 Å². The summed E-state index contributed by atoms with van der Waals surface area (Å²) in [6, 6.07) is 7.83. The van der Waals surface area contributed by atoms with Gasteiger partial charge in [-0.15, -0.1) is 6.58 Å². The van der Waals surface area contributed by atoms with Crippen LogP contribution in [-0.2, 0) is 6.54 Å². The van der Waals surface area contributed by atoms with Gasteiger partial charge >= 0.3 is 0 Å². The zero-order valence-electron chi connectivity index (χ0n) is 13.6. The summed E-state index contributed by atoms with van der Waals surface area (Å²) in [5.41, 5.74) is 1.81. The molecule has 4 heteroatoms. The van der Waals surface area contributed by atoms with Crippen molar-refractivity contribution in [3.8, 4) is 0 Å². The standard InChI is InChI=1S/C17H24N2OSi/c1-7-12-19-14-11-9-8-10-13(14)18-15(16(19)20)21(5,6)17(2,3)4/h7-11H,1,12H2,2-6H3. The Kier molecular flexibility index (Phi) is 3.93. The Bertz CT molecular complexity index is 739. The van der Waals surface area contributed by atoms with Crippen molar-refractivity contribution >= 4 is 24.4 Å². The SMILES string of the molecule is C=CCn1c(=O)c([Si](C)(C)C(C)(C)C)nc2ccccc21. The van der Waals surface area contributed by atoms with Crippen molar-refractivity contribution < 1.29 is 0 Å². The fraction of sp³-hybridized carbons (Fsp3) is 0.412. The van der Waals surface area contributed by atoms with Gasteiger partial charge in [0, 0.05) is 6.54 Å². The fourth-order valence-corrected chi connectivity index (χ4v) is 4.05. The van der Waals surface area contributed by atoms with E-state index in [1.807, 2.05) is 24.3 Å². The number of benzene rings is 1. The molecule has 0 aliphatic rings. The van der Waals surface area contributed by atoms with Crippen LogP contribution in [0.15, 0.2) is 41.7 Å². The first-order valence-electron chi connectivity index (χ1n) is 7.31. The number of allylic oxidation sites excluding steroid dienone is 1. The lowest BCUT2D eigenvalue weighted by Gasteiger charge is -2.35. The van der Waals surface area contributed by atoms with Crippen molar-refractivity contribution in [2.75, 3.05) is 0 Å². The highest BCUT2D eigenvalue weighted by Gasteiger charge is 2.40. The molecule has 0 saturated carbocycles. The molecular weight excluding hydrogens is 276 g/mol. The number of fused-ring (bicyclic) bond motifs is 1. The third-order valence-electron chi connectivity index (χ3n) is 4.63. The second-order valence-electron chi connectivity index (χ2n) is 7.03. The monoisotopic (exact) mass is 300 g/mol. The Balaban J connectivity index is 2.86. The lowest BCUT2D eigenvalue weighted by molar-refractivity contribution is 0.724. The van der Waals surface area contributed by atoms with Gasteiger partial charge in [-0.25, -0.2) is 0 Å². The van der Waals surface area contributed by atoms with Gasteiger partial charge in [-0.2, -0.15) is 0 Å². The van der Waals surface area contributed by atoms with Crippen LogP contribution >= 0.6 is 0 Å². The first-order chi connectivity index (χ1) is 9.70. The summed E-state index contributed by atoms with van der Waals surface area (Å²) >= 11 is 0. The third-order valence-corrected chi connectivity index (χ3v) is 9.89. The predicted molar refractivity (Wildman–Crippen MR) is 93.0 cm³/mol. The fourth-order valence-electron chi connectivity index (χ4n) is 2.27. The van der Waals surface area contributed by atoms with E-state index >= 15 is 0 Å². The van der Waals surface area contributed by atoms with Gasteiger partial charge in [0.1, 0.15) is 8.07 Å². The van der Waals surface area contributed by atoms with E-state index in [1.54, 1.807) is 10.6 Å². The van der Waals surface area contributed by atoms with Gasteiger partial charge in [-0.1, -0.05) is 52.1 Å². The minimum absolute atomic E-state index is 0.0418. The lowest BCUT2D eigenvalue weighted by atomic mass is 10.2. The Morgan fingerprint density at radius 2 is 1.90 bits per heavy atom. The number of aromatic nitrogens is 2. The molecule has 0 saturated heterocycles. The van der Waals surface area contributed by atoms with Crippen LogP contribution in [0.3, 0.4) is 0 Å². The summed E-state index contributed by atoms with van der Waals surface area (Å²) in [5, 5.41) is 0.837. The minimum Gasteiger partial charge on any atom is -0.302 e. The van der Waals surface area contributed by atoms with Gasteiger partial charge in [-0.3, -0.25) is 9.78 Å². The summed E-state index contributed by atoms with van der Waals surface area (Å²) < 4.78 is 1.80. The molecule has 0 radical (unpaired) electrons. The van der Waals surface area contributed by atoms with Gasteiger partial charge in [0.2, 0.25) is 0 Å². The van der Waals surface area contributed by atoms with Gasteiger partial charge in [-0.05, 0) is 17.2 Å². The Labute approximate surface area is 127 Å². The van der Waals surface area contributed by atoms with Crippen molar-refractivity contribution in [2.24, 2.45) is 0 Å². The smallest absolute Gasteiger partial charge is 0.268 e. The number of para-hydroxylation sites is 2. The van der Waals surface area contributed by atoms with Gasteiger partial charge in [0.15, 0.2) is 0 Å². The molecule has 0 N–H and O–H groups in total. The molecule has 0 fully saturated rings. The molecule has 1 aromatic carbocycles. The summed E-state index contributed by atoms with van der Waals surface area (Å²) in [6.07, 6.45) is 1.77. The summed E-state index contributed by atoms with van der Waals surface area (Å²) in [7, 11) is -1.98. The number of nitrogens with zero attached hydrogens (tertiary/aromatic N) is 2. The average Bonchev–Trinajstić information content (AvgIpc) is 2.40. The van der Waals surface area contributed by atoms with E-state index in [4.69, 9.17) is 4.98 Å². The first-order valence-corrected chi connectivity index (χ1v) is 10.3. The van der Waals surface area contributed by atoms with E-state index in [0.717, 1.165) is 16.4 Å². The maximum Gasteiger partial charge on any atom is 0.268 e. The summed E-state index contributed by atoms with van der Waals surface area (Å²) in [5.74, 6) is 0. The highest BCUT2D eigenvalue weighted by Crippen LogP contribution is 2.34. The van der Waals surface area contributed by atoms with Crippen molar-refractivity contribution in [2.45, 2.75) is 45.4 Å². The van der Waals surface area contributed by atoms with E-state index in [0.29, 0.717) is 6.54 Å². The second kappa shape index (κ2) is 5.26. The van der Waals surface area contributed by atoms with Gasteiger partial charge in [0.25, 0.3) is 5.56 Å². The lowest BCUT2D eigenvalue weighted by Crippen LogP contribution is -2.59. The number of hydrogen-bond donors (Lipinski definition) is 0. The Morgan fingerprint density at radius 3 is 2.48 bits per heavy atom. The van der Waals surface area contributed by atoms with Crippen LogP contribution in [0, 0.1) is 0 Å². The third kappa shape index (κ3) is 2.60. The largest absolute Gasteiger partial charge is 0.302 e. The quantitative estimate of drug-likeness (QED) is 0.644. The zero-order valence-corrected chi connectivity index (χ0v) is 14.6. The van der Waals surface area contributed by atoms with E-state index in [9.17, 15) is 4.79 Å². The van der Waals surface area contributed by atoms with Crippen LogP contribution in [0.2, 0.25) is 18.1 Å². The molecule has 0 spiro atoms. The molecule has 0 bridgehead atoms. The van der Waals surface area contributed by atoms with Crippen molar-refractivity contribution in [3.63, 3.8) is 0 Å². The van der Waals surface area contributed by atoms with Gasteiger partial charge < -0.3 is 4.57 Å². The summed E-state index contributed by atoms with van der Waals surface area (Å²) in [4.78, 5) is 17.7. The zero-order chi connectivity index (χ0) is 15.8. The highest BCUT2D eigenvalue weighted by atomic mass is 28.3. The molecule has 2 aromatic rings. The molecular formula is C17H24N2OSi. The van der Waals surface area contributed by atoms with Crippen LogP contribution in [0.4, 0.5) is 0 Å². The van der Waals surface area contributed by atoms with E-state index < -0.39 is 8.07 Å². The molecule has 112 valence electrons. The molecule has 0 amide bonds. The molecule has 0 unspecified atom stereocenters. The van der Waals surface area contributed by atoms with E-state index in [1.165, 1.54) is 0 Å². The van der Waals surface area contributed by atoms with Crippen LogP contribution in [0.5, 0.6) is 0 Å². The highest BCUT2D eigenvalue weighted by molar-refractivity contribution is 6.91. The maximum atomic E-state index is 13.0. The molecule has 1 aromatic heterocycles. The minimum atomic E-state index is -1.98. The topological polar surface area (TPSA) is 34.9 Å². The molecule has 0 atom stereocenters. The first kappa shape index (κ1) is 15.7. The van der Waals surface area contributed by atoms with Crippen molar-refractivity contribution in [3.05, 3.63) is 47.3 Å².